The molecule has 2 aromatic heterocycles. The summed E-state index contributed by atoms with van der Waals surface area (Å²) in [6, 6.07) is 0. The normalized spacial score (nSPS) is 13.2. The summed E-state index contributed by atoms with van der Waals surface area (Å²) in [5.74, 6) is 1.09. The van der Waals surface area contributed by atoms with Crippen molar-refractivity contribution >= 4 is 16.9 Å². The van der Waals surface area contributed by atoms with Gasteiger partial charge in [0.15, 0.2) is 0 Å². The van der Waals surface area contributed by atoms with Crippen LogP contribution in [-0.4, -0.2) is 14.5 Å². The van der Waals surface area contributed by atoms with Gasteiger partial charge in [0.2, 0.25) is 0 Å². The maximum atomic E-state index is 5.94. The van der Waals surface area contributed by atoms with Crippen molar-refractivity contribution in [1.29, 1.82) is 0 Å². The van der Waals surface area contributed by atoms with E-state index in [1.54, 1.807) is 0 Å². The van der Waals surface area contributed by atoms with Crippen LogP contribution in [-0.2, 0) is 7.05 Å². The van der Waals surface area contributed by atoms with Gasteiger partial charge in [-0.15, -0.1) is 0 Å². The van der Waals surface area contributed by atoms with Crippen molar-refractivity contribution in [3.63, 3.8) is 0 Å². The van der Waals surface area contributed by atoms with Gasteiger partial charge in [-0.2, -0.15) is 0 Å². The summed E-state index contributed by atoms with van der Waals surface area (Å²) >= 11 is 0. The summed E-state index contributed by atoms with van der Waals surface area (Å²) in [6.07, 6.45) is 5.97. The summed E-state index contributed by atoms with van der Waals surface area (Å²) in [4.78, 5) is 8.35. The fourth-order valence-electron chi connectivity index (χ4n) is 2.23. The van der Waals surface area contributed by atoms with Crippen LogP contribution in [0.15, 0.2) is 12.5 Å². The van der Waals surface area contributed by atoms with Gasteiger partial charge in [0.25, 0.3) is 0 Å². The number of rotatable bonds is 3. The summed E-state index contributed by atoms with van der Waals surface area (Å²) < 4.78 is 2.02. The number of nitrogens with zero attached hydrogens (tertiary/aromatic N) is 3. The van der Waals surface area contributed by atoms with Crippen molar-refractivity contribution in [2.45, 2.75) is 32.6 Å². The van der Waals surface area contributed by atoms with Crippen LogP contribution in [0, 0.1) is 0 Å². The van der Waals surface area contributed by atoms with Crippen molar-refractivity contribution in [2.24, 2.45) is 7.05 Å². The molecule has 2 rings (SSSR count). The van der Waals surface area contributed by atoms with Crippen LogP contribution in [0.2, 0.25) is 0 Å². The molecule has 0 bridgehead atoms. The zero-order valence-electron chi connectivity index (χ0n) is 10.1. The molecule has 16 heavy (non-hydrogen) atoms. The Labute approximate surface area is 95.5 Å². The van der Waals surface area contributed by atoms with Gasteiger partial charge in [-0.3, -0.25) is 0 Å². The van der Waals surface area contributed by atoms with E-state index >= 15 is 0 Å². The molecule has 2 heterocycles. The molecular weight excluding hydrogens is 200 g/mol. The number of aromatic nitrogens is 3. The van der Waals surface area contributed by atoms with E-state index in [0.29, 0.717) is 11.7 Å². The molecule has 4 nitrogen and oxygen atoms in total. The highest BCUT2D eigenvalue weighted by Crippen LogP contribution is 2.31. The first-order chi connectivity index (χ1) is 7.65. The minimum absolute atomic E-state index is 0.502. The Kier molecular flexibility index (Phi) is 2.81. The third-order valence-corrected chi connectivity index (χ3v) is 3.06. The molecule has 0 amide bonds. The van der Waals surface area contributed by atoms with Crippen LogP contribution < -0.4 is 5.73 Å². The molecule has 0 spiro atoms. The Morgan fingerprint density at radius 1 is 1.44 bits per heavy atom. The lowest BCUT2D eigenvalue weighted by Crippen LogP contribution is -1.97. The molecule has 0 radical (unpaired) electrons. The van der Waals surface area contributed by atoms with E-state index in [4.69, 9.17) is 5.73 Å². The molecule has 0 fully saturated rings. The van der Waals surface area contributed by atoms with E-state index in [9.17, 15) is 0 Å². The lowest BCUT2D eigenvalue weighted by molar-refractivity contribution is 0.666. The predicted octanol–water partition coefficient (Wildman–Crippen LogP) is 2.45. The first-order valence-corrected chi connectivity index (χ1v) is 5.70. The second-order valence-corrected chi connectivity index (χ2v) is 4.34. The third-order valence-electron chi connectivity index (χ3n) is 3.06. The van der Waals surface area contributed by atoms with Crippen molar-refractivity contribution in [2.75, 3.05) is 5.73 Å². The van der Waals surface area contributed by atoms with Crippen LogP contribution in [0.25, 0.3) is 11.0 Å². The minimum atomic E-state index is 0.502. The summed E-state index contributed by atoms with van der Waals surface area (Å²) in [5, 5.41) is 1.02. The third kappa shape index (κ3) is 1.64. The molecule has 0 saturated heterocycles. The molecule has 0 aliphatic carbocycles. The summed E-state index contributed by atoms with van der Waals surface area (Å²) in [7, 11) is 2.00. The van der Waals surface area contributed by atoms with Gasteiger partial charge in [-0.25, -0.2) is 9.97 Å². The van der Waals surface area contributed by atoms with Crippen molar-refractivity contribution in [1.82, 2.24) is 14.5 Å². The standard InChI is InChI=1S/C12H18N4/c1-4-5-8(2)9-6-16(3)12-10(9)11(13)14-7-15-12/h6-8H,4-5H2,1-3H3,(H2,13,14,15). The largest absolute Gasteiger partial charge is 0.383 e. The van der Waals surface area contributed by atoms with Crippen LogP contribution in [0.3, 0.4) is 0 Å². The maximum Gasteiger partial charge on any atom is 0.145 e. The second kappa shape index (κ2) is 4.12. The van der Waals surface area contributed by atoms with Crippen molar-refractivity contribution in [3.05, 3.63) is 18.1 Å². The number of nitrogens with two attached hydrogens (primary N) is 1. The minimum Gasteiger partial charge on any atom is -0.383 e. The van der Waals surface area contributed by atoms with Gasteiger partial charge in [0.1, 0.15) is 17.8 Å². The fraction of sp³-hybridized carbons (Fsp3) is 0.500. The Balaban J connectivity index is 2.61. The number of hydrogen-bond donors (Lipinski definition) is 1. The first-order valence-electron chi connectivity index (χ1n) is 5.70. The Morgan fingerprint density at radius 3 is 2.88 bits per heavy atom. The van der Waals surface area contributed by atoms with Gasteiger partial charge in [0.05, 0.1) is 5.39 Å². The van der Waals surface area contributed by atoms with Gasteiger partial charge in [-0.05, 0) is 17.9 Å². The number of hydrogen-bond acceptors (Lipinski definition) is 3. The molecule has 0 saturated carbocycles. The van der Waals surface area contributed by atoms with Crippen LogP contribution in [0.4, 0.5) is 5.82 Å². The number of anilines is 1. The van der Waals surface area contributed by atoms with E-state index in [2.05, 4.69) is 30.0 Å². The van der Waals surface area contributed by atoms with Crippen molar-refractivity contribution in [3.8, 4) is 0 Å². The van der Waals surface area contributed by atoms with Crippen LogP contribution in [0.1, 0.15) is 38.2 Å². The predicted molar refractivity (Wildman–Crippen MR) is 66.2 cm³/mol. The van der Waals surface area contributed by atoms with E-state index in [1.165, 1.54) is 18.3 Å². The average Bonchev–Trinajstić information content (AvgIpc) is 2.58. The zero-order chi connectivity index (χ0) is 11.7. The average molecular weight is 218 g/mol. The fourth-order valence-corrected chi connectivity index (χ4v) is 2.23. The molecule has 86 valence electrons. The molecule has 0 aliphatic heterocycles. The number of fused-ring (bicyclic) bond motifs is 1. The highest BCUT2D eigenvalue weighted by Gasteiger charge is 2.15. The highest BCUT2D eigenvalue weighted by molar-refractivity contribution is 5.90. The molecule has 0 aromatic carbocycles. The molecule has 2 N–H and O–H groups in total. The summed E-state index contributed by atoms with van der Waals surface area (Å²) in [6.45, 7) is 4.42. The smallest absolute Gasteiger partial charge is 0.145 e. The molecule has 0 aliphatic rings. The van der Waals surface area contributed by atoms with Crippen molar-refractivity contribution < 1.29 is 0 Å². The molecular formula is C12H18N4. The van der Waals surface area contributed by atoms with E-state index in [-0.39, 0.29) is 0 Å². The molecule has 1 atom stereocenters. The first kappa shape index (κ1) is 10.9. The lowest BCUT2D eigenvalue weighted by atomic mass is 9.97. The topological polar surface area (TPSA) is 56.7 Å². The number of nitrogen functional groups attached to an aromatic ring is 1. The van der Waals surface area contributed by atoms with E-state index in [1.807, 2.05) is 11.6 Å². The van der Waals surface area contributed by atoms with Crippen LogP contribution >= 0.6 is 0 Å². The molecule has 4 heteroatoms. The van der Waals surface area contributed by atoms with Crippen LogP contribution in [0.5, 0.6) is 0 Å². The number of aryl methyl sites for hydroxylation is 1. The van der Waals surface area contributed by atoms with E-state index < -0.39 is 0 Å². The maximum absolute atomic E-state index is 5.94. The van der Waals surface area contributed by atoms with Gasteiger partial charge >= 0.3 is 0 Å². The second-order valence-electron chi connectivity index (χ2n) is 4.34. The Hall–Kier alpha value is -1.58. The Morgan fingerprint density at radius 2 is 2.19 bits per heavy atom. The quantitative estimate of drug-likeness (QED) is 0.861. The van der Waals surface area contributed by atoms with E-state index in [0.717, 1.165) is 17.5 Å². The SMILES string of the molecule is CCCC(C)c1cn(C)c2ncnc(N)c12. The van der Waals surface area contributed by atoms with Gasteiger partial charge < -0.3 is 10.3 Å². The lowest BCUT2D eigenvalue weighted by Gasteiger charge is -2.08. The zero-order valence-corrected chi connectivity index (χ0v) is 10.1. The Bertz CT molecular complexity index is 501. The molecule has 2 aromatic rings. The summed E-state index contributed by atoms with van der Waals surface area (Å²) in [5.41, 5.74) is 8.12. The highest BCUT2D eigenvalue weighted by atomic mass is 15.0. The van der Waals surface area contributed by atoms with Gasteiger partial charge in [0, 0.05) is 13.2 Å². The monoisotopic (exact) mass is 218 g/mol. The van der Waals surface area contributed by atoms with Gasteiger partial charge in [-0.1, -0.05) is 20.3 Å². The molecule has 1 unspecified atom stereocenters.